The van der Waals surface area contributed by atoms with Crippen LogP contribution in [0.1, 0.15) is 38.3 Å². The lowest BCUT2D eigenvalue weighted by atomic mass is 10.1. The molecule has 2 rings (SSSR count). The van der Waals surface area contributed by atoms with Crippen LogP contribution in [-0.2, 0) is 0 Å². The first-order valence-electron chi connectivity index (χ1n) is 5.88. The molecule has 1 atom stereocenters. The average Bonchev–Trinajstić information content (AvgIpc) is 2.56. The Kier molecular flexibility index (Phi) is 2.86. The molecule has 86 valence electrons. The Bertz CT molecular complexity index is 499. The number of rotatable bonds is 3. The molecular formula is C13H19N3. The fourth-order valence-corrected chi connectivity index (χ4v) is 2.29. The highest BCUT2D eigenvalue weighted by Crippen LogP contribution is 2.26. The van der Waals surface area contributed by atoms with Gasteiger partial charge in [0.25, 0.3) is 0 Å². The summed E-state index contributed by atoms with van der Waals surface area (Å²) in [6.07, 6.45) is 2.29. The third-order valence-corrected chi connectivity index (χ3v) is 3.10. The molecule has 0 radical (unpaired) electrons. The van der Waals surface area contributed by atoms with Crippen molar-refractivity contribution in [1.82, 2.24) is 9.55 Å². The van der Waals surface area contributed by atoms with Crippen molar-refractivity contribution in [2.24, 2.45) is 0 Å². The molecule has 0 amide bonds. The molecule has 0 saturated carbocycles. The molecule has 2 aromatic rings. The number of hydrogen-bond donors (Lipinski definition) is 1. The fourth-order valence-electron chi connectivity index (χ4n) is 2.29. The molecule has 0 aliphatic heterocycles. The summed E-state index contributed by atoms with van der Waals surface area (Å²) in [4.78, 5) is 4.46. The van der Waals surface area contributed by atoms with E-state index in [-0.39, 0.29) is 0 Å². The van der Waals surface area contributed by atoms with E-state index in [1.54, 1.807) is 0 Å². The zero-order chi connectivity index (χ0) is 11.7. The van der Waals surface area contributed by atoms with Crippen LogP contribution in [-0.4, -0.2) is 9.55 Å². The molecule has 0 aliphatic carbocycles. The van der Waals surface area contributed by atoms with Gasteiger partial charge in [-0.05, 0) is 31.9 Å². The number of benzene rings is 1. The van der Waals surface area contributed by atoms with E-state index in [9.17, 15) is 0 Å². The molecule has 3 nitrogen and oxygen atoms in total. The second-order valence-corrected chi connectivity index (χ2v) is 4.42. The van der Waals surface area contributed by atoms with E-state index in [4.69, 9.17) is 5.73 Å². The molecule has 0 fully saturated rings. The number of hydrogen-bond acceptors (Lipinski definition) is 2. The third kappa shape index (κ3) is 1.66. The van der Waals surface area contributed by atoms with Gasteiger partial charge in [-0.25, -0.2) is 4.98 Å². The van der Waals surface area contributed by atoms with Gasteiger partial charge in [0.1, 0.15) is 0 Å². The summed E-state index contributed by atoms with van der Waals surface area (Å²) in [5.74, 6) is 0.630. The third-order valence-electron chi connectivity index (χ3n) is 3.10. The van der Waals surface area contributed by atoms with Gasteiger partial charge >= 0.3 is 0 Å². The molecule has 1 heterocycles. The van der Waals surface area contributed by atoms with Crippen LogP contribution in [0.2, 0.25) is 0 Å². The number of nitrogens with zero attached hydrogens (tertiary/aromatic N) is 2. The number of fused-ring (bicyclic) bond motifs is 1. The molecular weight excluding hydrogens is 198 g/mol. The summed E-state index contributed by atoms with van der Waals surface area (Å²) in [5.41, 5.74) is 9.37. The van der Waals surface area contributed by atoms with Crippen LogP contribution in [0.4, 0.5) is 5.95 Å². The van der Waals surface area contributed by atoms with Crippen molar-refractivity contribution >= 4 is 17.0 Å². The first-order chi connectivity index (χ1) is 7.65. The van der Waals surface area contributed by atoms with E-state index in [1.165, 1.54) is 5.56 Å². The lowest BCUT2D eigenvalue weighted by molar-refractivity contribution is 0.518. The summed E-state index contributed by atoms with van der Waals surface area (Å²) in [6.45, 7) is 6.46. The van der Waals surface area contributed by atoms with Crippen molar-refractivity contribution < 1.29 is 0 Å². The van der Waals surface area contributed by atoms with Crippen molar-refractivity contribution in [3.63, 3.8) is 0 Å². The molecule has 0 aliphatic rings. The zero-order valence-corrected chi connectivity index (χ0v) is 10.2. The first kappa shape index (κ1) is 11.0. The maximum Gasteiger partial charge on any atom is 0.201 e. The zero-order valence-electron chi connectivity index (χ0n) is 10.2. The van der Waals surface area contributed by atoms with E-state index >= 15 is 0 Å². The molecule has 2 N–H and O–H groups in total. The number of aromatic nitrogens is 2. The number of nitrogen functional groups attached to an aromatic ring is 1. The molecule has 16 heavy (non-hydrogen) atoms. The van der Waals surface area contributed by atoms with Crippen LogP contribution in [0.25, 0.3) is 11.0 Å². The van der Waals surface area contributed by atoms with Gasteiger partial charge in [-0.1, -0.05) is 25.5 Å². The molecule has 1 aromatic carbocycles. The van der Waals surface area contributed by atoms with Gasteiger partial charge in [0, 0.05) is 6.04 Å². The van der Waals surface area contributed by atoms with Crippen LogP contribution in [0.15, 0.2) is 18.2 Å². The van der Waals surface area contributed by atoms with E-state index < -0.39 is 0 Å². The lowest BCUT2D eigenvalue weighted by Crippen LogP contribution is -2.08. The van der Waals surface area contributed by atoms with Crippen LogP contribution >= 0.6 is 0 Å². The predicted octanol–water partition coefficient (Wildman–Crippen LogP) is 3.29. The highest BCUT2D eigenvalue weighted by Gasteiger charge is 2.13. The maximum absolute atomic E-state index is 6.01. The highest BCUT2D eigenvalue weighted by atomic mass is 15.2. The molecule has 0 saturated heterocycles. The van der Waals surface area contributed by atoms with Gasteiger partial charge in [0.15, 0.2) is 0 Å². The largest absolute Gasteiger partial charge is 0.369 e. The van der Waals surface area contributed by atoms with Crippen LogP contribution in [0.5, 0.6) is 0 Å². The minimum absolute atomic E-state index is 0.414. The SMILES string of the molecule is CCCC(C)n1c(N)nc2c(C)cccc21. The van der Waals surface area contributed by atoms with Crippen molar-refractivity contribution in [2.75, 3.05) is 5.73 Å². The predicted molar refractivity (Wildman–Crippen MR) is 68.5 cm³/mol. The van der Waals surface area contributed by atoms with Gasteiger partial charge in [-0.15, -0.1) is 0 Å². The topological polar surface area (TPSA) is 43.8 Å². The normalized spacial score (nSPS) is 13.2. The van der Waals surface area contributed by atoms with Crippen molar-refractivity contribution in [3.05, 3.63) is 23.8 Å². The highest BCUT2D eigenvalue weighted by molar-refractivity contribution is 5.81. The Hall–Kier alpha value is -1.51. The number of aryl methyl sites for hydroxylation is 1. The minimum Gasteiger partial charge on any atom is -0.369 e. The number of anilines is 1. The monoisotopic (exact) mass is 217 g/mol. The van der Waals surface area contributed by atoms with E-state index in [0.29, 0.717) is 12.0 Å². The fraction of sp³-hybridized carbons (Fsp3) is 0.462. The Morgan fingerprint density at radius 2 is 2.19 bits per heavy atom. The van der Waals surface area contributed by atoms with Crippen molar-refractivity contribution in [2.45, 2.75) is 39.7 Å². The lowest BCUT2D eigenvalue weighted by Gasteiger charge is -2.14. The second-order valence-electron chi connectivity index (χ2n) is 4.42. The van der Waals surface area contributed by atoms with Crippen LogP contribution in [0.3, 0.4) is 0 Å². The number of nitrogens with two attached hydrogens (primary N) is 1. The Balaban J connectivity index is 2.60. The first-order valence-corrected chi connectivity index (χ1v) is 5.88. The summed E-state index contributed by atoms with van der Waals surface area (Å²) in [5, 5.41) is 0. The quantitative estimate of drug-likeness (QED) is 0.857. The summed E-state index contributed by atoms with van der Waals surface area (Å²) >= 11 is 0. The van der Waals surface area contributed by atoms with Gasteiger partial charge in [-0.2, -0.15) is 0 Å². The Labute approximate surface area is 96.3 Å². The Morgan fingerprint density at radius 1 is 1.44 bits per heavy atom. The van der Waals surface area contributed by atoms with Gasteiger partial charge in [0.05, 0.1) is 11.0 Å². The standard InChI is InChI=1S/C13H19N3/c1-4-6-10(3)16-11-8-5-7-9(2)12(11)15-13(16)14/h5,7-8,10H,4,6H2,1-3H3,(H2,14,15). The average molecular weight is 217 g/mol. The summed E-state index contributed by atoms with van der Waals surface area (Å²) in [7, 11) is 0. The smallest absolute Gasteiger partial charge is 0.201 e. The van der Waals surface area contributed by atoms with E-state index in [1.807, 2.05) is 0 Å². The molecule has 1 unspecified atom stereocenters. The molecule has 1 aromatic heterocycles. The minimum atomic E-state index is 0.414. The van der Waals surface area contributed by atoms with Gasteiger partial charge < -0.3 is 10.3 Å². The van der Waals surface area contributed by atoms with Crippen LogP contribution < -0.4 is 5.73 Å². The van der Waals surface area contributed by atoms with Crippen molar-refractivity contribution in [1.29, 1.82) is 0 Å². The number of imidazole rings is 1. The maximum atomic E-state index is 6.01. The summed E-state index contributed by atoms with van der Waals surface area (Å²) < 4.78 is 2.14. The van der Waals surface area contributed by atoms with Gasteiger partial charge in [0.2, 0.25) is 5.95 Å². The Morgan fingerprint density at radius 3 is 2.88 bits per heavy atom. The second kappa shape index (κ2) is 4.16. The van der Waals surface area contributed by atoms with E-state index in [0.717, 1.165) is 23.9 Å². The molecule has 3 heteroatoms. The van der Waals surface area contributed by atoms with E-state index in [2.05, 4.69) is 48.5 Å². The van der Waals surface area contributed by atoms with Crippen LogP contribution in [0, 0.1) is 6.92 Å². The summed E-state index contributed by atoms with van der Waals surface area (Å²) in [6, 6.07) is 6.65. The van der Waals surface area contributed by atoms with Crippen molar-refractivity contribution in [3.8, 4) is 0 Å². The van der Waals surface area contributed by atoms with Gasteiger partial charge in [-0.3, -0.25) is 0 Å². The number of para-hydroxylation sites is 1. The molecule has 0 bridgehead atoms. The molecule has 0 spiro atoms.